The zero-order chi connectivity index (χ0) is 25.8. The van der Waals surface area contributed by atoms with E-state index in [1.165, 1.54) is 0 Å². The Hall–Kier alpha value is -4.92. The van der Waals surface area contributed by atoms with Gasteiger partial charge in [0.2, 0.25) is 5.91 Å². The van der Waals surface area contributed by atoms with Crippen molar-refractivity contribution >= 4 is 33.8 Å². The number of fused-ring (bicyclic) bond motifs is 2. The predicted molar refractivity (Wildman–Crippen MR) is 140 cm³/mol. The van der Waals surface area contributed by atoms with Gasteiger partial charge in [-0.25, -0.2) is 4.79 Å². The van der Waals surface area contributed by atoms with Crippen molar-refractivity contribution in [1.29, 1.82) is 0 Å². The Kier molecular flexibility index (Phi) is 6.67. The van der Waals surface area contributed by atoms with Gasteiger partial charge in [-0.15, -0.1) is 0 Å². The van der Waals surface area contributed by atoms with Gasteiger partial charge in [-0.3, -0.25) is 34.6 Å². The lowest BCUT2D eigenvalue weighted by molar-refractivity contribution is -0.122. The fourth-order valence-electron chi connectivity index (χ4n) is 4.16. The van der Waals surface area contributed by atoms with Crippen LogP contribution in [0.15, 0.2) is 89.9 Å². The van der Waals surface area contributed by atoms with Gasteiger partial charge in [-0.2, -0.15) is 0 Å². The van der Waals surface area contributed by atoms with E-state index < -0.39 is 11.8 Å². The summed E-state index contributed by atoms with van der Waals surface area (Å²) >= 11 is 0. The maximum Gasteiger partial charge on any atom is 0.328 e. The fraction of sp³-hybridized carbons (Fsp3) is 0.143. The number of aromatic nitrogens is 3. The summed E-state index contributed by atoms with van der Waals surface area (Å²) in [4.78, 5) is 41.6. The van der Waals surface area contributed by atoms with Crippen LogP contribution in [0.25, 0.3) is 21.9 Å². The van der Waals surface area contributed by atoms with Crippen LogP contribution in [0.3, 0.4) is 0 Å². The predicted octanol–water partition coefficient (Wildman–Crippen LogP) is 3.32. The SMILES string of the molecule is Cn1c(=O)n(CCC(=O)NNC(=O)c2ccc(COc3cccc4cccnc34)cc2)c2ccccc21. The van der Waals surface area contributed by atoms with Crippen LogP contribution < -0.4 is 21.3 Å². The number of rotatable bonds is 7. The standard InChI is InChI=1S/C28H25N5O4/c1-32-22-8-2-3-9-23(22)33(28(32)36)17-15-25(34)30-31-27(35)21-13-11-19(12-14-21)18-37-24-10-4-6-20-7-5-16-29-26(20)24/h2-14,16H,15,17-18H2,1H3,(H,30,34)(H,31,35). The Labute approximate surface area is 212 Å². The Morgan fingerprint density at radius 2 is 1.65 bits per heavy atom. The fourth-order valence-corrected chi connectivity index (χ4v) is 4.16. The minimum Gasteiger partial charge on any atom is -0.487 e. The molecule has 3 aromatic carbocycles. The van der Waals surface area contributed by atoms with Gasteiger partial charge in [0, 0.05) is 37.2 Å². The summed E-state index contributed by atoms with van der Waals surface area (Å²) in [5.74, 6) is -0.156. The molecule has 0 bridgehead atoms. The van der Waals surface area contributed by atoms with Crippen LogP contribution in [0.1, 0.15) is 22.3 Å². The van der Waals surface area contributed by atoms with E-state index in [2.05, 4.69) is 15.8 Å². The summed E-state index contributed by atoms with van der Waals surface area (Å²) in [6.07, 6.45) is 1.76. The molecule has 9 nitrogen and oxygen atoms in total. The number of carbonyl (C=O) groups is 2. The number of pyridine rings is 1. The highest BCUT2D eigenvalue weighted by atomic mass is 16.5. The third-order valence-corrected chi connectivity index (χ3v) is 6.14. The summed E-state index contributed by atoms with van der Waals surface area (Å²) in [5.41, 5.74) is 8.25. The Balaban J connectivity index is 1.13. The molecule has 2 heterocycles. The number of nitrogens with zero attached hydrogens (tertiary/aromatic N) is 3. The van der Waals surface area contributed by atoms with Crippen LogP contribution in [0.2, 0.25) is 0 Å². The molecule has 5 aromatic rings. The second kappa shape index (κ2) is 10.4. The molecule has 0 radical (unpaired) electrons. The average molecular weight is 496 g/mol. The Morgan fingerprint density at radius 3 is 2.46 bits per heavy atom. The Bertz CT molecular complexity index is 1650. The molecule has 5 rings (SSSR count). The molecule has 0 aliphatic carbocycles. The van der Waals surface area contributed by atoms with Gasteiger partial charge in [-0.1, -0.05) is 42.5 Å². The lowest BCUT2D eigenvalue weighted by Crippen LogP contribution is -2.42. The molecule has 0 atom stereocenters. The largest absolute Gasteiger partial charge is 0.487 e. The van der Waals surface area contributed by atoms with Crippen molar-refractivity contribution in [2.75, 3.05) is 0 Å². The second-order valence-electron chi connectivity index (χ2n) is 8.55. The topological polar surface area (TPSA) is 107 Å². The first-order valence-corrected chi connectivity index (χ1v) is 11.8. The molecule has 9 heteroatoms. The Morgan fingerprint density at radius 1 is 0.892 bits per heavy atom. The van der Waals surface area contributed by atoms with E-state index in [-0.39, 0.29) is 18.7 Å². The molecule has 2 aromatic heterocycles. The highest BCUT2D eigenvalue weighted by molar-refractivity contribution is 5.95. The lowest BCUT2D eigenvalue weighted by Gasteiger charge is -2.10. The first-order chi connectivity index (χ1) is 18.0. The number of amides is 2. The normalized spacial score (nSPS) is 10.9. The number of nitrogens with one attached hydrogen (secondary N) is 2. The minimum atomic E-state index is -0.443. The minimum absolute atomic E-state index is 0.0352. The molecule has 0 spiro atoms. The van der Waals surface area contributed by atoms with Crippen LogP contribution in [0.4, 0.5) is 0 Å². The summed E-state index contributed by atoms with van der Waals surface area (Å²) in [6, 6.07) is 23.9. The van der Waals surface area contributed by atoms with E-state index in [1.54, 1.807) is 46.6 Å². The van der Waals surface area contributed by atoms with E-state index in [0.29, 0.717) is 17.9 Å². The quantitative estimate of drug-likeness (QED) is 0.337. The highest BCUT2D eigenvalue weighted by Crippen LogP contribution is 2.24. The van der Waals surface area contributed by atoms with Crippen molar-refractivity contribution in [2.45, 2.75) is 19.6 Å². The molecule has 0 aliphatic rings. The van der Waals surface area contributed by atoms with Gasteiger partial charge in [0.1, 0.15) is 17.9 Å². The maximum absolute atomic E-state index is 12.5. The van der Waals surface area contributed by atoms with E-state index >= 15 is 0 Å². The monoisotopic (exact) mass is 495 g/mol. The van der Waals surface area contributed by atoms with Gasteiger partial charge in [0.25, 0.3) is 5.91 Å². The van der Waals surface area contributed by atoms with Crippen molar-refractivity contribution in [2.24, 2.45) is 7.05 Å². The maximum atomic E-state index is 12.5. The van der Waals surface area contributed by atoms with Gasteiger partial charge in [0.05, 0.1) is 11.0 Å². The van der Waals surface area contributed by atoms with E-state index in [4.69, 9.17) is 4.74 Å². The van der Waals surface area contributed by atoms with Crippen LogP contribution in [-0.2, 0) is 25.0 Å². The number of hydrazine groups is 1. The summed E-state index contributed by atoms with van der Waals surface area (Å²) in [6.45, 7) is 0.519. The van der Waals surface area contributed by atoms with Crippen molar-refractivity contribution in [3.63, 3.8) is 0 Å². The van der Waals surface area contributed by atoms with Crippen LogP contribution in [0.5, 0.6) is 5.75 Å². The molecule has 2 N–H and O–H groups in total. The van der Waals surface area contributed by atoms with Crippen molar-refractivity contribution < 1.29 is 14.3 Å². The van der Waals surface area contributed by atoms with E-state index in [0.717, 1.165) is 27.5 Å². The molecule has 2 amide bonds. The number of carbonyl (C=O) groups excluding carboxylic acids is 2. The zero-order valence-electron chi connectivity index (χ0n) is 20.2. The van der Waals surface area contributed by atoms with Crippen LogP contribution >= 0.6 is 0 Å². The smallest absolute Gasteiger partial charge is 0.328 e. The molecule has 0 aliphatic heterocycles. The zero-order valence-corrected chi connectivity index (χ0v) is 20.2. The van der Waals surface area contributed by atoms with E-state index in [1.807, 2.05) is 54.6 Å². The molecular weight excluding hydrogens is 470 g/mol. The van der Waals surface area contributed by atoms with Crippen LogP contribution in [0, 0.1) is 0 Å². The molecule has 186 valence electrons. The first kappa shape index (κ1) is 23.8. The number of hydrogen-bond acceptors (Lipinski definition) is 5. The highest BCUT2D eigenvalue weighted by Gasteiger charge is 2.12. The number of para-hydroxylation sites is 3. The number of hydrogen-bond donors (Lipinski definition) is 2. The van der Waals surface area contributed by atoms with Gasteiger partial charge < -0.3 is 4.74 Å². The molecule has 0 fully saturated rings. The number of benzene rings is 3. The number of ether oxygens (including phenoxy) is 1. The third-order valence-electron chi connectivity index (χ3n) is 6.14. The van der Waals surface area contributed by atoms with Gasteiger partial charge >= 0.3 is 5.69 Å². The summed E-state index contributed by atoms with van der Waals surface area (Å²) < 4.78 is 9.03. The van der Waals surface area contributed by atoms with Gasteiger partial charge in [-0.05, 0) is 42.0 Å². The van der Waals surface area contributed by atoms with Crippen molar-refractivity contribution in [1.82, 2.24) is 25.0 Å². The van der Waals surface area contributed by atoms with Crippen molar-refractivity contribution in [3.05, 3.63) is 107 Å². The summed E-state index contributed by atoms with van der Waals surface area (Å²) in [7, 11) is 1.69. The third kappa shape index (κ3) is 5.06. The van der Waals surface area contributed by atoms with Gasteiger partial charge in [0.15, 0.2) is 0 Å². The molecule has 37 heavy (non-hydrogen) atoms. The summed E-state index contributed by atoms with van der Waals surface area (Å²) in [5, 5.41) is 0.998. The number of aryl methyl sites for hydroxylation is 2. The lowest BCUT2D eigenvalue weighted by atomic mass is 10.1. The molecule has 0 saturated heterocycles. The second-order valence-corrected chi connectivity index (χ2v) is 8.55. The molecule has 0 saturated carbocycles. The molecular formula is C28H25N5O4. The van der Waals surface area contributed by atoms with Crippen molar-refractivity contribution in [3.8, 4) is 5.75 Å². The molecule has 0 unspecified atom stereocenters. The average Bonchev–Trinajstić information content (AvgIpc) is 3.18. The van der Waals surface area contributed by atoms with E-state index in [9.17, 15) is 14.4 Å². The number of imidazole rings is 1. The van der Waals surface area contributed by atoms with Crippen LogP contribution in [-0.4, -0.2) is 25.9 Å². The first-order valence-electron chi connectivity index (χ1n) is 11.8.